The molecule has 1 aromatic rings. The molecular weight excluding hydrogens is 362 g/mol. The maximum absolute atomic E-state index is 5.84. The number of nitrogens with zero attached hydrogens (tertiary/aromatic N) is 2. The highest BCUT2D eigenvalue weighted by Crippen LogP contribution is 2.34. The van der Waals surface area contributed by atoms with Gasteiger partial charge in [-0.05, 0) is 50.3 Å². The lowest BCUT2D eigenvalue weighted by Gasteiger charge is -2.34. The summed E-state index contributed by atoms with van der Waals surface area (Å²) in [7, 11) is 3.71. The first-order chi connectivity index (χ1) is 13.1. The van der Waals surface area contributed by atoms with Crippen LogP contribution in [0.2, 0.25) is 0 Å². The molecule has 27 heavy (non-hydrogen) atoms. The van der Waals surface area contributed by atoms with Crippen molar-refractivity contribution in [2.75, 3.05) is 59.9 Å². The van der Waals surface area contributed by atoms with E-state index in [1.165, 1.54) is 0 Å². The van der Waals surface area contributed by atoms with Gasteiger partial charge in [-0.3, -0.25) is 4.99 Å². The Kier molecular flexibility index (Phi) is 9.07. The molecule has 0 saturated carbocycles. The van der Waals surface area contributed by atoms with Crippen LogP contribution in [0.5, 0.6) is 11.5 Å². The topological polar surface area (TPSA) is 55.3 Å². The van der Waals surface area contributed by atoms with Crippen molar-refractivity contribution >= 4 is 17.7 Å². The highest BCUT2D eigenvalue weighted by atomic mass is 32.2. The monoisotopic (exact) mass is 395 g/mol. The number of rotatable bonds is 9. The largest absolute Gasteiger partial charge is 0.497 e. The third-order valence-electron chi connectivity index (χ3n) is 4.81. The van der Waals surface area contributed by atoms with E-state index in [-0.39, 0.29) is 4.75 Å². The van der Waals surface area contributed by atoms with Gasteiger partial charge < -0.3 is 24.4 Å². The highest BCUT2D eigenvalue weighted by molar-refractivity contribution is 8.00. The number of aliphatic imine (C=N–C) groups is 1. The first-order valence-electron chi connectivity index (χ1n) is 9.51. The van der Waals surface area contributed by atoms with Crippen molar-refractivity contribution in [3.63, 3.8) is 0 Å². The molecule has 0 spiro atoms. The molecule has 7 heteroatoms. The molecule has 6 nitrogen and oxygen atoms in total. The van der Waals surface area contributed by atoms with E-state index in [1.54, 1.807) is 7.11 Å². The van der Waals surface area contributed by atoms with Gasteiger partial charge >= 0.3 is 0 Å². The number of benzene rings is 1. The van der Waals surface area contributed by atoms with Gasteiger partial charge in [0.15, 0.2) is 5.96 Å². The summed E-state index contributed by atoms with van der Waals surface area (Å²) in [5, 5.41) is 3.39. The van der Waals surface area contributed by atoms with Crippen LogP contribution in [0.15, 0.2) is 29.3 Å². The summed E-state index contributed by atoms with van der Waals surface area (Å²) >= 11 is 1.91. The number of methoxy groups -OCH3 is 1. The smallest absolute Gasteiger partial charge is 0.193 e. The van der Waals surface area contributed by atoms with Gasteiger partial charge in [-0.15, -0.1) is 0 Å². The number of guanidine groups is 1. The quantitative estimate of drug-likeness (QED) is 0.513. The van der Waals surface area contributed by atoms with E-state index in [1.807, 2.05) is 36.0 Å². The van der Waals surface area contributed by atoms with Crippen molar-refractivity contribution < 1.29 is 14.2 Å². The van der Waals surface area contributed by atoms with Gasteiger partial charge in [-0.1, -0.05) is 0 Å². The van der Waals surface area contributed by atoms with E-state index >= 15 is 0 Å². The molecule has 0 aliphatic carbocycles. The second-order valence-corrected chi connectivity index (χ2v) is 7.89. The zero-order chi connectivity index (χ0) is 19.5. The molecule has 1 fully saturated rings. The summed E-state index contributed by atoms with van der Waals surface area (Å²) < 4.78 is 16.7. The minimum atomic E-state index is 0.194. The first-order valence-corrected chi connectivity index (χ1v) is 10.7. The van der Waals surface area contributed by atoms with Crippen LogP contribution in [0.25, 0.3) is 0 Å². The van der Waals surface area contributed by atoms with Crippen LogP contribution in [-0.4, -0.2) is 75.5 Å². The van der Waals surface area contributed by atoms with Crippen molar-refractivity contribution in [3.8, 4) is 11.5 Å². The third kappa shape index (κ3) is 6.81. The van der Waals surface area contributed by atoms with E-state index in [9.17, 15) is 0 Å². The van der Waals surface area contributed by atoms with Crippen molar-refractivity contribution in [2.24, 2.45) is 4.99 Å². The average molecular weight is 396 g/mol. The number of thioether (sulfide) groups is 1. The van der Waals surface area contributed by atoms with Gasteiger partial charge in [0.25, 0.3) is 0 Å². The maximum Gasteiger partial charge on any atom is 0.193 e. The molecule has 0 amide bonds. The Bertz CT molecular complexity index is 574. The Balaban J connectivity index is 1.87. The fraction of sp³-hybridized carbons (Fsp3) is 0.650. The summed E-state index contributed by atoms with van der Waals surface area (Å²) in [4.78, 5) is 7.04. The fourth-order valence-corrected chi connectivity index (χ4v) is 3.71. The minimum absolute atomic E-state index is 0.194. The maximum atomic E-state index is 5.84. The number of nitrogens with one attached hydrogen (secondary N) is 1. The van der Waals surface area contributed by atoms with Crippen molar-refractivity contribution in [2.45, 2.75) is 24.5 Å². The van der Waals surface area contributed by atoms with Crippen LogP contribution in [-0.2, 0) is 4.74 Å². The van der Waals surface area contributed by atoms with Crippen molar-refractivity contribution in [1.82, 2.24) is 10.2 Å². The Labute approximate surface area is 167 Å². The van der Waals surface area contributed by atoms with E-state index < -0.39 is 0 Å². The summed E-state index contributed by atoms with van der Waals surface area (Å²) in [6, 6.07) is 7.65. The minimum Gasteiger partial charge on any atom is -0.497 e. The standard InChI is InChI=1S/C20H33N3O3S/c1-5-21-19(22-16-20(27-4)10-13-25-14-11-20)23(2)12-15-26-18-8-6-17(24-3)7-9-18/h6-9H,5,10-16H2,1-4H3,(H,21,22). The lowest BCUT2D eigenvalue weighted by molar-refractivity contribution is 0.0793. The predicted octanol–water partition coefficient (Wildman–Crippen LogP) is 2.88. The molecule has 2 rings (SSSR count). The molecule has 1 aliphatic rings. The fourth-order valence-electron chi connectivity index (χ4n) is 2.94. The average Bonchev–Trinajstić information content (AvgIpc) is 2.72. The molecule has 1 aliphatic heterocycles. The second kappa shape index (κ2) is 11.3. The molecule has 0 aromatic heterocycles. The van der Waals surface area contributed by atoms with E-state index in [2.05, 4.69) is 30.4 Å². The first kappa shape index (κ1) is 21.7. The number of likely N-dealkylation sites (N-methyl/N-ethyl adjacent to an activating group) is 1. The SMILES string of the molecule is CCNC(=NCC1(SC)CCOCC1)N(C)CCOc1ccc(OC)cc1. The van der Waals surface area contributed by atoms with Crippen LogP contribution in [0.1, 0.15) is 19.8 Å². The van der Waals surface area contributed by atoms with Crippen LogP contribution in [0, 0.1) is 0 Å². The summed E-state index contributed by atoms with van der Waals surface area (Å²) in [5.41, 5.74) is 0. The van der Waals surface area contributed by atoms with Crippen LogP contribution in [0.4, 0.5) is 0 Å². The predicted molar refractivity (Wildman–Crippen MR) is 113 cm³/mol. The van der Waals surface area contributed by atoms with Gasteiger partial charge in [0.05, 0.1) is 20.2 Å². The molecule has 0 unspecified atom stereocenters. The number of ether oxygens (including phenoxy) is 3. The van der Waals surface area contributed by atoms with Crippen LogP contribution >= 0.6 is 11.8 Å². The zero-order valence-corrected chi connectivity index (χ0v) is 17.8. The Morgan fingerprint density at radius 2 is 1.93 bits per heavy atom. The van der Waals surface area contributed by atoms with Crippen molar-refractivity contribution in [3.05, 3.63) is 24.3 Å². The summed E-state index contributed by atoms with van der Waals surface area (Å²) in [5.74, 6) is 2.60. The Hall–Kier alpha value is -1.60. The lowest BCUT2D eigenvalue weighted by atomic mass is 9.99. The molecule has 0 bridgehead atoms. The van der Waals surface area contributed by atoms with E-state index in [0.29, 0.717) is 6.61 Å². The molecule has 1 aromatic carbocycles. The molecular formula is C20H33N3O3S. The summed E-state index contributed by atoms with van der Waals surface area (Å²) in [6.45, 7) is 6.76. The van der Waals surface area contributed by atoms with Crippen LogP contribution < -0.4 is 14.8 Å². The Morgan fingerprint density at radius 1 is 1.26 bits per heavy atom. The molecule has 0 atom stereocenters. The number of hydrogen-bond acceptors (Lipinski definition) is 5. The van der Waals surface area contributed by atoms with E-state index in [0.717, 1.165) is 63.1 Å². The van der Waals surface area contributed by atoms with Crippen LogP contribution in [0.3, 0.4) is 0 Å². The van der Waals surface area contributed by atoms with Gasteiger partial charge in [-0.25, -0.2) is 0 Å². The lowest BCUT2D eigenvalue weighted by Crippen LogP contribution is -2.43. The second-order valence-electron chi connectivity index (χ2n) is 6.62. The molecule has 1 N–H and O–H groups in total. The third-order valence-corrected chi connectivity index (χ3v) is 6.21. The van der Waals surface area contributed by atoms with Gasteiger partial charge in [-0.2, -0.15) is 11.8 Å². The Morgan fingerprint density at radius 3 is 2.52 bits per heavy atom. The summed E-state index contributed by atoms with van der Waals surface area (Å²) in [6.07, 6.45) is 4.29. The highest BCUT2D eigenvalue weighted by Gasteiger charge is 2.31. The molecule has 1 heterocycles. The van der Waals surface area contributed by atoms with Gasteiger partial charge in [0, 0.05) is 31.6 Å². The molecule has 1 saturated heterocycles. The zero-order valence-electron chi connectivity index (χ0n) is 17.0. The molecule has 0 radical (unpaired) electrons. The van der Waals surface area contributed by atoms with E-state index in [4.69, 9.17) is 19.2 Å². The van der Waals surface area contributed by atoms with Gasteiger partial charge in [0.2, 0.25) is 0 Å². The van der Waals surface area contributed by atoms with Gasteiger partial charge in [0.1, 0.15) is 18.1 Å². The normalized spacial score (nSPS) is 16.7. The number of hydrogen-bond donors (Lipinski definition) is 1. The van der Waals surface area contributed by atoms with Crippen molar-refractivity contribution in [1.29, 1.82) is 0 Å². The molecule has 152 valence electrons.